The minimum atomic E-state index is 0.424. The van der Waals surface area contributed by atoms with E-state index < -0.39 is 0 Å². The molecule has 94 valence electrons. The number of anilines is 1. The van der Waals surface area contributed by atoms with E-state index in [1.54, 1.807) is 6.07 Å². The molecule has 0 amide bonds. The van der Waals surface area contributed by atoms with Crippen LogP contribution in [0.5, 0.6) is 11.5 Å². The molecule has 1 aliphatic heterocycles. The highest BCUT2D eigenvalue weighted by Crippen LogP contribution is 2.40. The number of aromatic nitrogens is 2. The summed E-state index contributed by atoms with van der Waals surface area (Å²) in [6.45, 7) is 1.22. The lowest BCUT2D eigenvalue weighted by Crippen LogP contribution is -1.97. The Kier molecular flexibility index (Phi) is 2.97. The third-order valence-electron chi connectivity index (χ3n) is 2.50. The van der Waals surface area contributed by atoms with E-state index >= 15 is 0 Å². The number of nitrogen functional groups attached to an aromatic ring is 1. The normalized spacial score (nSPS) is 14.3. The summed E-state index contributed by atoms with van der Waals surface area (Å²) in [6, 6.07) is 3.59. The van der Waals surface area contributed by atoms with E-state index in [0.717, 1.165) is 23.5 Å². The molecule has 0 aliphatic carbocycles. The Morgan fingerprint density at radius 3 is 2.89 bits per heavy atom. The van der Waals surface area contributed by atoms with Gasteiger partial charge in [0.1, 0.15) is 0 Å². The van der Waals surface area contributed by atoms with Crippen LogP contribution < -0.4 is 15.2 Å². The first kappa shape index (κ1) is 11.6. The monoisotopic (exact) mass is 283 g/mol. The molecule has 0 saturated heterocycles. The molecule has 0 bridgehead atoms. The van der Waals surface area contributed by atoms with Crippen LogP contribution in [0.15, 0.2) is 12.1 Å². The Balaban J connectivity index is 2.07. The van der Waals surface area contributed by atoms with Gasteiger partial charge in [-0.1, -0.05) is 11.6 Å². The molecule has 1 aromatic carbocycles. The van der Waals surface area contributed by atoms with E-state index in [-0.39, 0.29) is 0 Å². The molecule has 18 heavy (non-hydrogen) atoms. The molecule has 0 radical (unpaired) electrons. The molecule has 0 spiro atoms. The van der Waals surface area contributed by atoms with Crippen LogP contribution in [0.4, 0.5) is 5.13 Å². The van der Waals surface area contributed by atoms with Crippen LogP contribution in [-0.2, 0) is 0 Å². The van der Waals surface area contributed by atoms with Crippen LogP contribution in [0.2, 0.25) is 5.02 Å². The molecular weight excluding hydrogens is 274 g/mol. The highest BCUT2D eigenvalue weighted by Gasteiger charge is 2.17. The molecular formula is C11H10ClN3O2S. The highest BCUT2D eigenvalue weighted by molar-refractivity contribution is 7.09. The second-order valence-electron chi connectivity index (χ2n) is 3.79. The summed E-state index contributed by atoms with van der Waals surface area (Å²) < 4.78 is 15.3. The fourth-order valence-corrected chi connectivity index (χ4v) is 2.43. The zero-order chi connectivity index (χ0) is 12.5. The minimum absolute atomic E-state index is 0.424. The third kappa shape index (κ3) is 2.09. The molecule has 5 nitrogen and oxygen atoms in total. The van der Waals surface area contributed by atoms with Gasteiger partial charge >= 0.3 is 0 Å². The fraction of sp³-hybridized carbons (Fsp3) is 0.273. The largest absolute Gasteiger partial charge is 0.489 e. The van der Waals surface area contributed by atoms with E-state index in [9.17, 15) is 0 Å². The molecule has 0 fully saturated rings. The molecule has 7 heteroatoms. The number of fused-ring (bicyclic) bond motifs is 1. The second-order valence-corrected chi connectivity index (χ2v) is 4.98. The molecule has 2 aromatic rings. The number of hydrogen-bond donors (Lipinski definition) is 1. The van der Waals surface area contributed by atoms with Crippen molar-refractivity contribution in [2.75, 3.05) is 18.9 Å². The predicted octanol–water partition coefficient (Wildman–Crippen LogP) is 2.60. The first-order valence-electron chi connectivity index (χ1n) is 5.43. The Hall–Kier alpha value is -1.53. The third-order valence-corrected chi connectivity index (χ3v) is 3.33. The summed E-state index contributed by atoms with van der Waals surface area (Å²) in [7, 11) is 0. The summed E-state index contributed by atoms with van der Waals surface area (Å²) >= 11 is 7.34. The van der Waals surface area contributed by atoms with Crippen molar-refractivity contribution in [1.82, 2.24) is 9.36 Å². The molecule has 3 rings (SSSR count). The zero-order valence-electron chi connectivity index (χ0n) is 9.35. The Morgan fingerprint density at radius 2 is 2.11 bits per heavy atom. The number of halogens is 1. The van der Waals surface area contributed by atoms with Gasteiger partial charge in [-0.2, -0.15) is 9.36 Å². The van der Waals surface area contributed by atoms with Crippen LogP contribution >= 0.6 is 23.1 Å². The standard InChI is InChI=1S/C11H10ClN3O2S/c12-7-4-6(10-14-11(13)18-15-10)5-8-9(7)17-3-1-2-16-8/h4-5H,1-3H2,(H2,13,14,15). The van der Waals surface area contributed by atoms with Gasteiger partial charge in [-0.25, -0.2) is 0 Å². The topological polar surface area (TPSA) is 70.3 Å². The minimum Gasteiger partial charge on any atom is -0.489 e. The Labute approximate surface area is 113 Å². The molecule has 0 atom stereocenters. The van der Waals surface area contributed by atoms with Crippen molar-refractivity contribution in [3.8, 4) is 22.9 Å². The van der Waals surface area contributed by atoms with Crippen molar-refractivity contribution < 1.29 is 9.47 Å². The summed E-state index contributed by atoms with van der Waals surface area (Å²) in [6.07, 6.45) is 0.836. The van der Waals surface area contributed by atoms with E-state index in [1.807, 2.05) is 6.07 Å². The summed E-state index contributed by atoms with van der Waals surface area (Å²) in [5.41, 5.74) is 6.35. The van der Waals surface area contributed by atoms with Gasteiger partial charge in [-0.3, -0.25) is 0 Å². The SMILES string of the molecule is Nc1nc(-c2cc(Cl)c3c(c2)OCCCO3)ns1. The van der Waals surface area contributed by atoms with Gasteiger partial charge in [0.25, 0.3) is 0 Å². The van der Waals surface area contributed by atoms with E-state index in [1.165, 1.54) is 0 Å². The predicted molar refractivity (Wildman–Crippen MR) is 70.4 cm³/mol. The lowest BCUT2D eigenvalue weighted by Gasteiger charge is -2.10. The molecule has 0 saturated carbocycles. The average molecular weight is 284 g/mol. The lowest BCUT2D eigenvalue weighted by molar-refractivity contribution is 0.297. The molecule has 2 heterocycles. The van der Waals surface area contributed by atoms with E-state index in [0.29, 0.717) is 40.7 Å². The maximum absolute atomic E-state index is 6.19. The van der Waals surface area contributed by atoms with Crippen LogP contribution in [0.1, 0.15) is 6.42 Å². The smallest absolute Gasteiger partial charge is 0.200 e. The van der Waals surface area contributed by atoms with Crippen LogP contribution in [0, 0.1) is 0 Å². The van der Waals surface area contributed by atoms with E-state index in [2.05, 4.69) is 9.36 Å². The first-order valence-corrected chi connectivity index (χ1v) is 6.58. The van der Waals surface area contributed by atoms with Crippen molar-refractivity contribution >= 4 is 28.3 Å². The van der Waals surface area contributed by atoms with E-state index in [4.69, 9.17) is 26.8 Å². The lowest BCUT2D eigenvalue weighted by atomic mass is 10.2. The average Bonchev–Trinajstić information content (AvgIpc) is 2.63. The highest BCUT2D eigenvalue weighted by atomic mass is 35.5. The number of nitrogens with two attached hydrogens (primary N) is 1. The number of hydrogen-bond acceptors (Lipinski definition) is 6. The van der Waals surface area contributed by atoms with Crippen molar-refractivity contribution in [2.45, 2.75) is 6.42 Å². The van der Waals surface area contributed by atoms with Crippen LogP contribution in [0.3, 0.4) is 0 Å². The van der Waals surface area contributed by atoms with Gasteiger partial charge in [0.05, 0.1) is 18.2 Å². The summed E-state index contributed by atoms with van der Waals surface area (Å²) in [5.74, 6) is 1.76. The van der Waals surface area contributed by atoms with Gasteiger partial charge in [0, 0.05) is 23.5 Å². The summed E-state index contributed by atoms with van der Waals surface area (Å²) in [4.78, 5) is 4.12. The van der Waals surface area contributed by atoms with Gasteiger partial charge in [0.15, 0.2) is 22.5 Å². The molecule has 2 N–H and O–H groups in total. The van der Waals surface area contributed by atoms with Crippen LogP contribution in [0.25, 0.3) is 11.4 Å². The number of nitrogens with zero attached hydrogens (tertiary/aromatic N) is 2. The van der Waals surface area contributed by atoms with Crippen LogP contribution in [-0.4, -0.2) is 22.6 Å². The second kappa shape index (κ2) is 4.62. The Bertz CT molecular complexity index is 588. The van der Waals surface area contributed by atoms with Crippen molar-refractivity contribution in [1.29, 1.82) is 0 Å². The van der Waals surface area contributed by atoms with Gasteiger partial charge < -0.3 is 15.2 Å². The summed E-state index contributed by atoms with van der Waals surface area (Å²) in [5, 5.41) is 0.922. The fourth-order valence-electron chi connectivity index (χ4n) is 1.71. The zero-order valence-corrected chi connectivity index (χ0v) is 10.9. The molecule has 1 aromatic heterocycles. The maximum Gasteiger partial charge on any atom is 0.200 e. The van der Waals surface area contributed by atoms with Crippen molar-refractivity contribution in [3.63, 3.8) is 0 Å². The number of ether oxygens (including phenoxy) is 2. The van der Waals surface area contributed by atoms with Crippen molar-refractivity contribution in [3.05, 3.63) is 17.2 Å². The first-order chi connectivity index (χ1) is 8.74. The molecule has 1 aliphatic rings. The quantitative estimate of drug-likeness (QED) is 0.871. The van der Waals surface area contributed by atoms with Gasteiger partial charge in [-0.05, 0) is 12.1 Å². The van der Waals surface area contributed by atoms with Gasteiger partial charge in [0.2, 0.25) is 0 Å². The molecule has 0 unspecified atom stereocenters. The Morgan fingerprint density at radius 1 is 1.28 bits per heavy atom. The number of benzene rings is 1. The van der Waals surface area contributed by atoms with Gasteiger partial charge in [-0.15, -0.1) is 0 Å². The maximum atomic E-state index is 6.19. The number of rotatable bonds is 1. The van der Waals surface area contributed by atoms with Crippen molar-refractivity contribution in [2.24, 2.45) is 0 Å².